The molecule has 3 rings (SSSR count). The van der Waals surface area contributed by atoms with Crippen LogP contribution in [0.5, 0.6) is 0 Å². The number of benzene rings is 1. The molecule has 1 fully saturated rings. The van der Waals surface area contributed by atoms with Gasteiger partial charge in [0.15, 0.2) is 11.5 Å². The summed E-state index contributed by atoms with van der Waals surface area (Å²) in [7, 11) is 3.48. The number of likely N-dealkylation sites (N-methyl/N-ethyl adjacent to an activating group) is 1. The molecule has 132 valence electrons. The van der Waals surface area contributed by atoms with E-state index in [2.05, 4.69) is 49.2 Å². The number of nitrogens with one attached hydrogen (secondary N) is 1. The average molecular weight is 341 g/mol. The van der Waals surface area contributed by atoms with E-state index < -0.39 is 5.97 Å². The van der Waals surface area contributed by atoms with Gasteiger partial charge in [-0.2, -0.15) is 0 Å². The lowest BCUT2D eigenvalue weighted by molar-refractivity contribution is 0.0593. The first kappa shape index (κ1) is 17.3. The van der Waals surface area contributed by atoms with Gasteiger partial charge in [-0.05, 0) is 36.9 Å². The zero-order chi connectivity index (χ0) is 17.6. The minimum Gasteiger partial charge on any atom is -0.464 e. The highest BCUT2D eigenvalue weighted by Gasteiger charge is 2.13. The Morgan fingerprint density at radius 2 is 1.80 bits per heavy atom. The van der Waals surface area contributed by atoms with Crippen molar-refractivity contribution in [2.75, 3.05) is 45.7 Å². The second-order valence-electron chi connectivity index (χ2n) is 6.20. The van der Waals surface area contributed by atoms with E-state index in [-0.39, 0.29) is 5.69 Å². The van der Waals surface area contributed by atoms with E-state index in [1.165, 1.54) is 12.7 Å². The normalized spacial score (nSPS) is 15.8. The Kier molecular flexibility index (Phi) is 5.57. The van der Waals surface area contributed by atoms with E-state index in [9.17, 15) is 4.79 Å². The number of carbonyl (C=O) groups excluding carboxylic acids is 1. The maximum Gasteiger partial charge on any atom is 0.358 e. The molecule has 0 radical (unpaired) electrons. The maximum atomic E-state index is 11.4. The minimum absolute atomic E-state index is 0.190. The molecule has 7 heteroatoms. The van der Waals surface area contributed by atoms with E-state index in [1.54, 1.807) is 12.1 Å². The number of methoxy groups -OCH3 is 1. The van der Waals surface area contributed by atoms with Gasteiger partial charge < -0.3 is 15.0 Å². The minimum atomic E-state index is -0.493. The summed E-state index contributed by atoms with van der Waals surface area (Å²) in [6.07, 6.45) is 0. The number of ether oxygens (including phenoxy) is 1. The van der Waals surface area contributed by atoms with Crippen molar-refractivity contribution >= 4 is 17.5 Å². The topological polar surface area (TPSA) is 70.6 Å². The van der Waals surface area contributed by atoms with E-state index >= 15 is 0 Å². The quantitative estimate of drug-likeness (QED) is 0.831. The Bertz CT molecular complexity index is 694. The Labute approximate surface area is 147 Å². The monoisotopic (exact) mass is 341 g/mol. The van der Waals surface area contributed by atoms with Gasteiger partial charge in [-0.15, -0.1) is 10.2 Å². The maximum absolute atomic E-state index is 11.4. The van der Waals surface area contributed by atoms with Gasteiger partial charge in [0.25, 0.3) is 0 Å². The van der Waals surface area contributed by atoms with Crippen molar-refractivity contribution in [1.82, 2.24) is 20.0 Å². The lowest BCUT2D eigenvalue weighted by atomic mass is 10.2. The van der Waals surface area contributed by atoms with Crippen LogP contribution < -0.4 is 5.32 Å². The van der Waals surface area contributed by atoms with Gasteiger partial charge in [-0.25, -0.2) is 4.79 Å². The molecule has 25 heavy (non-hydrogen) atoms. The van der Waals surface area contributed by atoms with Crippen molar-refractivity contribution in [2.24, 2.45) is 0 Å². The third kappa shape index (κ3) is 4.74. The molecule has 7 nitrogen and oxygen atoms in total. The second kappa shape index (κ2) is 8.04. The Morgan fingerprint density at radius 3 is 2.40 bits per heavy atom. The second-order valence-corrected chi connectivity index (χ2v) is 6.20. The fraction of sp³-hybridized carbons (Fsp3) is 0.389. The summed E-state index contributed by atoms with van der Waals surface area (Å²) in [6, 6.07) is 11.6. The van der Waals surface area contributed by atoms with E-state index in [0.29, 0.717) is 5.82 Å². The van der Waals surface area contributed by atoms with Gasteiger partial charge in [0.2, 0.25) is 0 Å². The van der Waals surface area contributed by atoms with Crippen LogP contribution in [0.4, 0.5) is 11.5 Å². The lowest BCUT2D eigenvalue weighted by Gasteiger charge is -2.32. The first-order valence-electron chi connectivity index (χ1n) is 8.33. The molecule has 0 bridgehead atoms. The predicted octanol–water partition coefficient (Wildman–Crippen LogP) is 1.75. The number of rotatable bonds is 5. The van der Waals surface area contributed by atoms with E-state index in [1.807, 2.05) is 12.1 Å². The van der Waals surface area contributed by atoms with Crippen LogP contribution in [0.1, 0.15) is 16.1 Å². The van der Waals surface area contributed by atoms with Crippen molar-refractivity contribution in [3.8, 4) is 0 Å². The smallest absolute Gasteiger partial charge is 0.358 e. The van der Waals surface area contributed by atoms with Crippen molar-refractivity contribution in [3.05, 3.63) is 47.7 Å². The van der Waals surface area contributed by atoms with Crippen LogP contribution in [0.2, 0.25) is 0 Å². The van der Waals surface area contributed by atoms with E-state index in [4.69, 9.17) is 0 Å². The van der Waals surface area contributed by atoms with Gasteiger partial charge in [-0.3, -0.25) is 4.90 Å². The van der Waals surface area contributed by atoms with Crippen LogP contribution in [-0.4, -0.2) is 66.3 Å². The molecule has 0 amide bonds. The number of anilines is 2. The van der Waals surface area contributed by atoms with Crippen molar-refractivity contribution in [2.45, 2.75) is 6.54 Å². The lowest BCUT2D eigenvalue weighted by Crippen LogP contribution is -2.43. The number of piperazine rings is 1. The van der Waals surface area contributed by atoms with Gasteiger partial charge in [0, 0.05) is 38.4 Å². The predicted molar refractivity (Wildman–Crippen MR) is 95.9 cm³/mol. The molecule has 0 unspecified atom stereocenters. The van der Waals surface area contributed by atoms with Crippen molar-refractivity contribution in [1.29, 1.82) is 0 Å². The number of aromatic nitrogens is 2. The standard InChI is InChI=1S/C18H23N5O2/c1-22-9-11-23(12-10-22)13-14-3-5-15(6-4-14)19-17-8-7-16(20-21-17)18(24)25-2/h3-8H,9-13H2,1-2H3,(H,19,21). The Hall–Kier alpha value is -2.51. The highest BCUT2D eigenvalue weighted by atomic mass is 16.5. The number of carbonyl (C=O) groups is 1. The number of nitrogens with zero attached hydrogens (tertiary/aromatic N) is 4. The molecule has 1 aliphatic rings. The van der Waals surface area contributed by atoms with Gasteiger partial charge >= 0.3 is 5.97 Å². The van der Waals surface area contributed by atoms with Gasteiger partial charge in [0.1, 0.15) is 0 Å². The summed E-state index contributed by atoms with van der Waals surface area (Å²) in [5.74, 6) is 0.0896. The van der Waals surface area contributed by atoms with Crippen LogP contribution in [0.3, 0.4) is 0 Å². The molecule has 0 spiro atoms. The molecule has 0 atom stereocenters. The fourth-order valence-corrected chi connectivity index (χ4v) is 2.72. The van der Waals surface area contributed by atoms with Crippen molar-refractivity contribution < 1.29 is 9.53 Å². The molecule has 2 heterocycles. The van der Waals surface area contributed by atoms with Crippen LogP contribution in [0.25, 0.3) is 0 Å². The number of hydrogen-bond acceptors (Lipinski definition) is 7. The summed E-state index contributed by atoms with van der Waals surface area (Å²) in [6.45, 7) is 5.44. The molecule has 1 aromatic heterocycles. The first-order valence-corrected chi connectivity index (χ1v) is 8.33. The zero-order valence-corrected chi connectivity index (χ0v) is 14.6. The third-order valence-electron chi connectivity index (χ3n) is 4.29. The average Bonchev–Trinajstić information content (AvgIpc) is 2.65. The van der Waals surface area contributed by atoms with Crippen molar-refractivity contribution in [3.63, 3.8) is 0 Å². The highest BCUT2D eigenvalue weighted by Crippen LogP contribution is 2.16. The summed E-state index contributed by atoms with van der Waals surface area (Å²) < 4.78 is 4.61. The molecule has 1 N–H and O–H groups in total. The van der Waals surface area contributed by atoms with E-state index in [0.717, 1.165) is 38.4 Å². The van der Waals surface area contributed by atoms with Crippen LogP contribution in [0, 0.1) is 0 Å². The Balaban J connectivity index is 1.56. The largest absolute Gasteiger partial charge is 0.464 e. The zero-order valence-electron chi connectivity index (χ0n) is 14.6. The summed E-state index contributed by atoms with van der Waals surface area (Å²) in [5.41, 5.74) is 2.42. The third-order valence-corrected chi connectivity index (χ3v) is 4.29. The highest BCUT2D eigenvalue weighted by molar-refractivity contribution is 5.87. The molecule has 1 aromatic carbocycles. The number of hydrogen-bond donors (Lipinski definition) is 1. The fourth-order valence-electron chi connectivity index (χ4n) is 2.72. The Morgan fingerprint density at radius 1 is 1.08 bits per heavy atom. The first-order chi connectivity index (χ1) is 12.1. The molecule has 0 aliphatic carbocycles. The summed E-state index contributed by atoms with van der Waals surface area (Å²) >= 11 is 0. The molecule has 1 saturated heterocycles. The molecule has 2 aromatic rings. The van der Waals surface area contributed by atoms with Gasteiger partial charge in [0.05, 0.1) is 7.11 Å². The SMILES string of the molecule is COC(=O)c1ccc(Nc2ccc(CN3CCN(C)CC3)cc2)nn1. The summed E-state index contributed by atoms with van der Waals surface area (Å²) in [4.78, 5) is 16.2. The van der Waals surface area contributed by atoms with Crippen LogP contribution in [-0.2, 0) is 11.3 Å². The molecule has 1 aliphatic heterocycles. The molecule has 0 saturated carbocycles. The van der Waals surface area contributed by atoms with Crippen LogP contribution >= 0.6 is 0 Å². The number of esters is 1. The molecular formula is C18H23N5O2. The summed E-state index contributed by atoms with van der Waals surface area (Å²) in [5, 5.41) is 11.0. The van der Waals surface area contributed by atoms with Gasteiger partial charge in [-0.1, -0.05) is 12.1 Å². The molecular weight excluding hydrogens is 318 g/mol. The van der Waals surface area contributed by atoms with Crippen LogP contribution in [0.15, 0.2) is 36.4 Å².